The number of carbonyl (C=O) groups is 1. The summed E-state index contributed by atoms with van der Waals surface area (Å²) in [5.41, 5.74) is 0.792. The molecule has 1 saturated heterocycles. The Hall–Kier alpha value is -4.11. The van der Waals surface area contributed by atoms with Crippen LogP contribution < -0.4 is 15.8 Å². The van der Waals surface area contributed by atoms with Gasteiger partial charge in [-0.2, -0.15) is 13.2 Å². The zero-order chi connectivity index (χ0) is 25.3. The molecular formula is C27H21F3N2O4. The molecule has 0 spiro atoms. The van der Waals surface area contributed by atoms with Gasteiger partial charge in [0.25, 0.3) is 5.91 Å². The molecule has 0 bridgehead atoms. The van der Waals surface area contributed by atoms with Gasteiger partial charge in [0, 0.05) is 24.0 Å². The highest BCUT2D eigenvalue weighted by Crippen LogP contribution is 2.36. The van der Waals surface area contributed by atoms with Gasteiger partial charge in [0.05, 0.1) is 35.7 Å². The molecule has 1 aliphatic heterocycles. The highest BCUT2D eigenvalue weighted by atomic mass is 19.4. The van der Waals surface area contributed by atoms with E-state index in [2.05, 4.69) is 5.32 Å². The molecule has 1 amide bonds. The summed E-state index contributed by atoms with van der Waals surface area (Å²) in [6.45, 7) is 1.88. The van der Waals surface area contributed by atoms with E-state index in [0.717, 1.165) is 17.5 Å². The number of hydrogen-bond acceptors (Lipinski definition) is 5. The first-order valence-corrected chi connectivity index (χ1v) is 11.3. The Morgan fingerprint density at radius 3 is 2.36 bits per heavy atom. The fraction of sp³-hybridized carbons (Fsp3) is 0.185. The van der Waals surface area contributed by atoms with E-state index in [0.29, 0.717) is 48.7 Å². The maximum atomic E-state index is 13.4. The first-order chi connectivity index (χ1) is 17.3. The van der Waals surface area contributed by atoms with Crippen molar-refractivity contribution in [2.75, 3.05) is 36.5 Å². The van der Waals surface area contributed by atoms with Gasteiger partial charge in [-0.25, -0.2) is 4.79 Å². The van der Waals surface area contributed by atoms with E-state index in [9.17, 15) is 22.8 Å². The van der Waals surface area contributed by atoms with Gasteiger partial charge in [-0.3, -0.25) is 4.79 Å². The molecule has 1 aromatic heterocycles. The van der Waals surface area contributed by atoms with Gasteiger partial charge >= 0.3 is 11.8 Å². The number of ether oxygens (including phenoxy) is 1. The number of amides is 1. The molecule has 0 radical (unpaired) electrons. The van der Waals surface area contributed by atoms with Crippen LogP contribution >= 0.6 is 0 Å². The number of morpholine rings is 1. The van der Waals surface area contributed by atoms with Crippen molar-refractivity contribution < 1.29 is 27.1 Å². The minimum Gasteiger partial charge on any atom is -0.422 e. The summed E-state index contributed by atoms with van der Waals surface area (Å²) in [5.74, 6) is -0.569. The van der Waals surface area contributed by atoms with Crippen LogP contribution in [0.25, 0.3) is 22.1 Å². The molecule has 2 heterocycles. The molecule has 5 rings (SSSR count). The second-order valence-corrected chi connectivity index (χ2v) is 8.35. The molecule has 1 aliphatic rings. The third kappa shape index (κ3) is 4.83. The number of anilines is 2. The van der Waals surface area contributed by atoms with Crippen LogP contribution in [0.4, 0.5) is 24.5 Å². The second kappa shape index (κ2) is 9.50. The number of nitrogens with one attached hydrogen (secondary N) is 1. The minimum atomic E-state index is -4.55. The number of hydrogen-bond donors (Lipinski definition) is 1. The summed E-state index contributed by atoms with van der Waals surface area (Å²) < 4.78 is 50.8. The van der Waals surface area contributed by atoms with E-state index in [1.54, 1.807) is 30.3 Å². The molecular weight excluding hydrogens is 473 g/mol. The molecule has 0 atom stereocenters. The summed E-state index contributed by atoms with van der Waals surface area (Å²) in [5, 5.41) is 3.39. The van der Waals surface area contributed by atoms with Crippen LogP contribution in [0.2, 0.25) is 0 Å². The van der Waals surface area contributed by atoms with Crippen LogP contribution in [-0.2, 0) is 10.9 Å². The topological polar surface area (TPSA) is 71.8 Å². The Labute approximate surface area is 203 Å². The van der Waals surface area contributed by atoms with Crippen molar-refractivity contribution in [1.29, 1.82) is 0 Å². The molecule has 9 heteroatoms. The van der Waals surface area contributed by atoms with Crippen molar-refractivity contribution in [3.8, 4) is 11.1 Å². The molecule has 4 aromatic rings. The largest absolute Gasteiger partial charge is 0.422 e. The number of carbonyl (C=O) groups excluding carboxylic acids is 1. The highest BCUT2D eigenvalue weighted by molar-refractivity contribution is 6.06. The number of rotatable bonds is 4. The second-order valence-electron chi connectivity index (χ2n) is 8.35. The fourth-order valence-electron chi connectivity index (χ4n) is 4.15. The summed E-state index contributed by atoms with van der Waals surface area (Å²) in [7, 11) is 0. The number of halogens is 3. The lowest BCUT2D eigenvalue weighted by Crippen LogP contribution is -2.36. The monoisotopic (exact) mass is 494 g/mol. The third-order valence-corrected chi connectivity index (χ3v) is 6.02. The Balaban J connectivity index is 1.43. The lowest BCUT2D eigenvalue weighted by Gasteiger charge is -2.31. The first-order valence-electron chi connectivity index (χ1n) is 11.3. The maximum Gasteiger partial charge on any atom is 0.416 e. The van der Waals surface area contributed by atoms with Crippen LogP contribution in [0.5, 0.6) is 0 Å². The van der Waals surface area contributed by atoms with Crippen LogP contribution in [0, 0.1) is 0 Å². The van der Waals surface area contributed by atoms with E-state index < -0.39 is 23.3 Å². The van der Waals surface area contributed by atoms with Crippen LogP contribution in [0.3, 0.4) is 0 Å². The SMILES string of the molecule is O=C(Nc1cc(C(F)(F)F)ccc1N1CCOCC1)c1ccc(-c2cc3ccccc3oc2=O)cc1. The highest BCUT2D eigenvalue weighted by Gasteiger charge is 2.32. The Bertz CT molecular complexity index is 1470. The number of alkyl halides is 3. The molecule has 0 unspecified atom stereocenters. The number of para-hydroxylation sites is 1. The van der Waals surface area contributed by atoms with Crippen molar-refractivity contribution >= 4 is 28.3 Å². The van der Waals surface area contributed by atoms with Gasteiger partial charge in [0.2, 0.25) is 0 Å². The molecule has 1 fully saturated rings. The molecule has 184 valence electrons. The third-order valence-electron chi connectivity index (χ3n) is 6.02. The Morgan fingerprint density at radius 2 is 1.64 bits per heavy atom. The smallest absolute Gasteiger partial charge is 0.416 e. The van der Waals surface area contributed by atoms with Crippen molar-refractivity contribution in [1.82, 2.24) is 0 Å². The average Bonchev–Trinajstić information content (AvgIpc) is 2.88. The van der Waals surface area contributed by atoms with E-state index >= 15 is 0 Å². The molecule has 36 heavy (non-hydrogen) atoms. The zero-order valence-electron chi connectivity index (χ0n) is 19.0. The number of benzene rings is 3. The van der Waals surface area contributed by atoms with E-state index in [1.165, 1.54) is 18.2 Å². The lowest BCUT2D eigenvalue weighted by atomic mass is 10.0. The molecule has 1 N–H and O–H groups in total. The van der Waals surface area contributed by atoms with Gasteiger partial charge in [0.15, 0.2) is 0 Å². The first kappa shape index (κ1) is 23.6. The number of fused-ring (bicyclic) bond motifs is 1. The van der Waals surface area contributed by atoms with Gasteiger partial charge in [0.1, 0.15) is 5.58 Å². The summed E-state index contributed by atoms with van der Waals surface area (Å²) in [6.07, 6.45) is -4.55. The quantitative estimate of drug-likeness (QED) is 0.376. The molecule has 6 nitrogen and oxygen atoms in total. The minimum absolute atomic E-state index is 0.0657. The van der Waals surface area contributed by atoms with Gasteiger partial charge < -0.3 is 19.4 Å². The van der Waals surface area contributed by atoms with E-state index in [1.807, 2.05) is 17.0 Å². The average molecular weight is 494 g/mol. The summed E-state index contributed by atoms with van der Waals surface area (Å²) in [4.78, 5) is 27.3. The van der Waals surface area contributed by atoms with Crippen LogP contribution in [0.1, 0.15) is 15.9 Å². The summed E-state index contributed by atoms with van der Waals surface area (Å²) >= 11 is 0. The predicted octanol–water partition coefficient (Wildman–Crippen LogP) is 5.57. The van der Waals surface area contributed by atoms with Crippen molar-refractivity contribution in [2.45, 2.75) is 6.18 Å². The van der Waals surface area contributed by atoms with Crippen LogP contribution in [-0.4, -0.2) is 32.2 Å². The van der Waals surface area contributed by atoms with Crippen molar-refractivity contribution in [2.24, 2.45) is 0 Å². The Morgan fingerprint density at radius 1 is 0.917 bits per heavy atom. The summed E-state index contributed by atoms with van der Waals surface area (Å²) in [6, 6.07) is 18.4. The maximum absolute atomic E-state index is 13.4. The van der Waals surface area contributed by atoms with E-state index in [4.69, 9.17) is 9.15 Å². The predicted molar refractivity (Wildman–Crippen MR) is 130 cm³/mol. The molecule has 0 saturated carbocycles. The van der Waals surface area contributed by atoms with Gasteiger partial charge in [-0.1, -0.05) is 30.3 Å². The van der Waals surface area contributed by atoms with Gasteiger partial charge in [-0.05, 0) is 48.0 Å². The van der Waals surface area contributed by atoms with Crippen molar-refractivity contribution in [3.63, 3.8) is 0 Å². The molecule has 3 aromatic carbocycles. The zero-order valence-corrected chi connectivity index (χ0v) is 19.0. The molecule has 0 aliphatic carbocycles. The fourth-order valence-corrected chi connectivity index (χ4v) is 4.15. The van der Waals surface area contributed by atoms with Crippen LogP contribution in [0.15, 0.2) is 82.0 Å². The van der Waals surface area contributed by atoms with E-state index in [-0.39, 0.29) is 11.3 Å². The Kier molecular flexibility index (Phi) is 6.24. The number of nitrogens with zero attached hydrogens (tertiary/aromatic N) is 1. The standard InChI is InChI=1S/C27H21F3N2O4/c28-27(29,30)20-9-10-23(32-11-13-35-14-12-32)22(16-20)31-25(33)18-7-5-17(6-8-18)21-15-19-3-1-2-4-24(19)36-26(21)34/h1-10,15-16H,11-14H2,(H,31,33). The van der Waals surface area contributed by atoms with Gasteiger partial charge in [-0.15, -0.1) is 0 Å². The normalized spacial score (nSPS) is 14.1. The lowest BCUT2D eigenvalue weighted by molar-refractivity contribution is -0.137. The van der Waals surface area contributed by atoms with Crippen molar-refractivity contribution in [3.05, 3.63) is 94.3 Å².